The van der Waals surface area contributed by atoms with E-state index in [0.717, 1.165) is 0 Å². The van der Waals surface area contributed by atoms with E-state index in [2.05, 4.69) is 0 Å². The maximum absolute atomic E-state index is 10.8. The fourth-order valence-electron chi connectivity index (χ4n) is 1.89. The van der Waals surface area contributed by atoms with Gasteiger partial charge in [0.25, 0.3) is 5.69 Å². The summed E-state index contributed by atoms with van der Waals surface area (Å²) in [5.74, 6) is 1.07. The summed E-state index contributed by atoms with van der Waals surface area (Å²) in [4.78, 5) is 10.3. The molecule has 0 radical (unpaired) electrons. The van der Waals surface area contributed by atoms with E-state index in [9.17, 15) is 15.2 Å². The van der Waals surface area contributed by atoms with Gasteiger partial charge in [-0.25, -0.2) is 0 Å². The van der Waals surface area contributed by atoms with Crippen molar-refractivity contribution in [3.05, 3.63) is 58.1 Å². The molecular weight excluding hydrogens is 274 g/mol. The molecule has 21 heavy (non-hydrogen) atoms. The minimum absolute atomic E-state index is 0.0805. The summed E-state index contributed by atoms with van der Waals surface area (Å²) in [7, 11) is 1.41. The molecule has 0 fully saturated rings. The Balaban J connectivity index is 2.38. The van der Waals surface area contributed by atoms with Crippen LogP contribution < -0.4 is 9.47 Å². The Bertz CT molecular complexity index is 654. The fourth-order valence-corrected chi connectivity index (χ4v) is 1.89. The number of ether oxygens (including phenoxy) is 2. The van der Waals surface area contributed by atoms with Crippen LogP contribution in [0.15, 0.2) is 42.5 Å². The van der Waals surface area contributed by atoms with Crippen LogP contribution in [0.25, 0.3) is 0 Å². The summed E-state index contributed by atoms with van der Waals surface area (Å²) in [6.45, 7) is 1.63. The van der Waals surface area contributed by atoms with Crippen LogP contribution in [0.5, 0.6) is 17.2 Å². The topological polar surface area (TPSA) is 81.8 Å². The molecule has 0 aromatic heterocycles. The molecule has 110 valence electrons. The number of benzene rings is 2. The van der Waals surface area contributed by atoms with Gasteiger partial charge < -0.3 is 14.6 Å². The fraction of sp³-hybridized carbons (Fsp3) is 0.200. The number of nitro benzene ring substituents is 1. The predicted octanol–water partition coefficient (Wildman–Crippen LogP) is 3.45. The molecule has 0 saturated heterocycles. The molecule has 1 atom stereocenters. The Morgan fingerprint density at radius 1 is 1.14 bits per heavy atom. The van der Waals surface area contributed by atoms with Gasteiger partial charge in [0, 0.05) is 11.6 Å². The van der Waals surface area contributed by atoms with Crippen LogP contribution in [-0.2, 0) is 0 Å². The molecule has 0 saturated carbocycles. The highest BCUT2D eigenvalue weighted by molar-refractivity contribution is 5.51. The molecular formula is C15H15NO5. The van der Waals surface area contributed by atoms with Crippen LogP contribution in [0, 0.1) is 10.1 Å². The van der Waals surface area contributed by atoms with E-state index in [1.165, 1.54) is 25.3 Å². The van der Waals surface area contributed by atoms with Crippen molar-refractivity contribution in [2.75, 3.05) is 7.11 Å². The Hall–Kier alpha value is -2.60. The molecule has 2 aromatic carbocycles. The van der Waals surface area contributed by atoms with Crippen molar-refractivity contribution >= 4 is 5.69 Å². The summed E-state index contributed by atoms with van der Waals surface area (Å²) >= 11 is 0. The average molecular weight is 289 g/mol. The molecule has 6 nitrogen and oxygen atoms in total. The predicted molar refractivity (Wildman–Crippen MR) is 76.8 cm³/mol. The van der Waals surface area contributed by atoms with Gasteiger partial charge in [-0.15, -0.1) is 0 Å². The molecule has 0 aliphatic heterocycles. The average Bonchev–Trinajstić information content (AvgIpc) is 2.47. The van der Waals surface area contributed by atoms with E-state index in [0.29, 0.717) is 17.1 Å². The second-order valence-electron chi connectivity index (χ2n) is 4.41. The van der Waals surface area contributed by atoms with Gasteiger partial charge in [-0.1, -0.05) is 18.2 Å². The number of non-ortho nitro benzene ring substituents is 1. The zero-order valence-corrected chi connectivity index (χ0v) is 11.6. The van der Waals surface area contributed by atoms with E-state index in [4.69, 9.17) is 9.47 Å². The summed E-state index contributed by atoms with van der Waals surface area (Å²) in [5.41, 5.74) is 0.543. The minimum atomic E-state index is -0.690. The van der Waals surface area contributed by atoms with E-state index in [-0.39, 0.29) is 11.4 Å². The van der Waals surface area contributed by atoms with E-state index in [1.54, 1.807) is 31.2 Å². The number of aliphatic hydroxyl groups excluding tert-OH is 1. The molecule has 0 aliphatic rings. The summed E-state index contributed by atoms with van der Waals surface area (Å²) in [6.07, 6.45) is -0.690. The summed E-state index contributed by atoms with van der Waals surface area (Å²) < 4.78 is 10.8. The van der Waals surface area contributed by atoms with Crippen LogP contribution in [0.1, 0.15) is 18.6 Å². The van der Waals surface area contributed by atoms with Gasteiger partial charge in [0.2, 0.25) is 0 Å². The number of para-hydroxylation sites is 1. The standard InChI is InChI=1S/C15H15NO5/c1-10(17)12-5-3-4-6-13(12)21-14-8-7-11(16(18)19)9-15(14)20-2/h3-10,17H,1-2H3. The Kier molecular flexibility index (Phi) is 4.39. The largest absolute Gasteiger partial charge is 0.493 e. The van der Waals surface area contributed by atoms with Crippen molar-refractivity contribution in [2.24, 2.45) is 0 Å². The molecule has 0 aliphatic carbocycles. The second kappa shape index (κ2) is 6.23. The van der Waals surface area contributed by atoms with E-state index >= 15 is 0 Å². The normalized spacial score (nSPS) is 11.8. The highest BCUT2D eigenvalue weighted by atomic mass is 16.6. The number of rotatable bonds is 5. The molecule has 6 heteroatoms. The van der Waals surface area contributed by atoms with Crippen molar-refractivity contribution in [1.82, 2.24) is 0 Å². The quantitative estimate of drug-likeness (QED) is 0.673. The van der Waals surface area contributed by atoms with Crippen LogP contribution >= 0.6 is 0 Å². The molecule has 1 unspecified atom stereocenters. The van der Waals surface area contributed by atoms with Crippen LogP contribution in [0.3, 0.4) is 0 Å². The van der Waals surface area contributed by atoms with E-state index < -0.39 is 11.0 Å². The SMILES string of the molecule is COc1cc([N+](=O)[O-])ccc1Oc1ccccc1C(C)O. The van der Waals surface area contributed by atoms with Gasteiger partial charge in [-0.3, -0.25) is 10.1 Å². The first kappa shape index (κ1) is 14.8. The Morgan fingerprint density at radius 3 is 2.48 bits per heavy atom. The first-order chi connectivity index (χ1) is 10.0. The maximum atomic E-state index is 10.8. The van der Waals surface area contributed by atoms with Crippen LogP contribution in [0.4, 0.5) is 5.69 Å². The van der Waals surface area contributed by atoms with Gasteiger partial charge in [-0.05, 0) is 19.1 Å². The lowest BCUT2D eigenvalue weighted by atomic mass is 10.1. The molecule has 0 spiro atoms. The molecule has 1 N–H and O–H groups in total. The zero-order valence-electron chi connectivity index (χ0n) is 11.6. The molecule has 0 bridgehead atoms. The number of nitro groups is 1. The molecule has 2 aromatic rings. The third-order valence-corrected chi connectivity index (χ3v) is 2.95. The van der Waals surface area contributed by atoms with Crippen molar-refractivity contribution in [3.63, 3.8) is 0 Å². The van der Waals surface area contributed by atoms with Gasteiger partial charge in [0.15, 0.2) is 11.5 Å². The summed E-state index contributed by atoms with van der Waals surface area (Å²) in [6, 6.07) is 11.1. The lowest BCUT2D eigenvalue weighted by Gasteiger charge is -2.14. The van der Waals surface area contributed by atoms with Crippen molar-refractivity contribution in [1.29, 1.82) is 0 Å². The van der Waals surface area contributed by atoms with Gasteiger partial charge in [0.1, 0.15) is 5.75 Å². The number of hydrogen-bond acceptors (Lipinski definition) is 5. The number of methoxy groups -OCH3 is 1. The van der Waals surface area contributed by atoms with Crippen LogP contribution in [-0.4, -0.2) is 17.1 Å². The molecule has 0 heterocycles. The van der Waals surface area contributed by atoms with Crippen molar-refractivity contribution in [3.8, 4) is 17.2 Å². The second-order valence-corrected chi connectivity index (χ2v) is 4.41. The first-order valence-corrected chi connectivity index (χ1v) is 6.30. The van der Waals surface area contributed by atoms with Crippen molar-refractivity contribution in [2.45, 2.75) is 13.0 Å². The Labute approximate surface area is 121 Å². The first-order valence-electron chi connectivity index (χ1n) is 6.30. The van der Waals surface area contributed by atoms with E-state index in [1.807, 2.05) is 0 Å². The van der Waals surface area contributed by atoms with Gasteiger partial charge in [-0.2, -0.15) is 0 Å². The third kappa shape index (κ3) is 3.29. The van der Waals surface area contributed by atoms with Gasteiger partial charge in [0.05, 0.1) is 24.2 Å². The zero-order chi connectivity index (χ0) is 15.4. The number of aliphatic hydroxyl groups is 1. The lowest BCUT2D eigenvalue weighted by Crippen LogP contribution is -1.98. The number of nitrogens with zero attached hydrogens (tertiary/aromatic N) is 1. The van der Waals surface area contributed by atoms with Crippen molar-refractivity contribution < 1.29 is 19.5 Å². The monoisotopic (exact) mass is 289 g/mol. The number of hydrogen-bond donors (Lipinski definition) is 1. The molecule has 0 amide bonds. The minimum Gasteiger partial charge on any atom is -0.493 e. The van der Waals surface area contributed by atoms with Crippen LogP contribution in [0.2, 0.25) is 0 Å². The summed E-state index contributed by atoms with van der Waals surface area (Å²) in [5, 5.41) is 20.5. The maximum Gasteiger partial charge on any atom is 0.273 e. The van der Waals surface area contributed by atoms with Gasteiger partial charge >= 0.3 is 0 Å². The lowest BCUT2D eigenvalue weighted by molar-refractivity contribution is -0.384. The Morgan fingerprint density at radius 2 is 1.86 bits per heavy atom. The smallest absolute Gasteiger partial charge is 0.273 e. The third-order valence-electron chi connectivity index (χ3n) is 2.95. The highest BCUT2D eigenvalue weighted by Crippen LogP contribution is 2.36. The highest BCUT2D eigenvalue weighted by Gasteiger charge is 2.15. The molecule has 2 rings (SSSR count).